The molecule has 0 saturated heterocycles. The lowest BCUT2D eigenvalue weighted by molar-refractivity contribution is -0.384. The Balaban J connectivity index is 2.17. The number of non-ortho nitro benzene ring substituents is 1. The van der Waals surface area contributed by atoms with Crippen molar-refractivity contribution < 1.29 is 22.9 Å². The Hall–Kier alpha value is -2.61. The molecule has 120 valence electrons. The Morgan fingerprint density at radius 3 is 2.22 bits per heavy atom. The van der Waals surface area contributed by atoms with Gasteiger partial charge >= 0.3 is 6.18 Å². The lowest BCUT2D eigenvalue weighted by atomic mass is 10.1. The zero-order valence-electron chi connectivity index (χ0n) is 11.2. The third-order valence-electron chi connectivity index (χ3n) is 2.88. The number of nitro groups is 1. The highest BCUT2D eigenvalue weighted by molar-refractivity contribution is 6.34. The number of anilines is 1. The van der Waals surface area contributed by atoms with Crippen molar-refractivity contribution in [3.8, 4) is 0 Å². The maximum atomic E-state index is 12.4. The zero-order valence-corrected chi connectivity index (χ0v) is 12.0. The number of nitrogens with zero attached hydrogens (tertiary/aromatic N) is 1. The molecular weight excluding hydrogens is 337 g/mol. The minimum absolute atomic E-state index is 0.0304. The van der Waals surface area contributed by atoms with Gasteiger partial charge in [0.1, 0.15) is 0 Å². The van der Waals surface area contributed by atoms with E-state index in [9.17, 15) is 28.1 Å². The van der Waals surface area contributed by atoms with Gasteiger partial charge in [0.25, 0.3) is 11.6 Å². The first-order valence-corrected chi connectivity index (χ1v) is 6.49. The van der Waals surface area contributed by atoms with Crippen molar-refractivity contribution >= 4 is 28.9 Å². The third kappa shape index (κ3) is 3.98. The van der Waals surface area contributed by atoms with E-state index in [2.05, 4.69) is 5.32 Å². The Labute approximate surface area is 132 Å². The standard InChI is InChI=1S/C14H8ClF3N2O3/c15-12-7-10(20(22)23)5-6-11(12)13(21)19-9-3-1-8(2-4-9)14(16,17)18/h1-7H,(H,19,21). The van der Waals surface area contributed by atoms with Crippen LogP contribution in [0.3, 0.4) is 0 Å². The predicted molar refractivity (Wildman–Crippen MR) is 77.5 cm³/mol. The molecule has 0 atom stereocenters. The summed E-state index contributed by atoms with van der Waals surface area (Å²) in [5, 5.41) is 12.8. The number of halogens is 4. The minimum Gasteiger partial charge on any atom is -0.322 e. The quantitative estimate of drug-likeness (QED) is 0.657. The first-order valence-electron chi connectivity index (χ1n) is 6.11. The smallest absolute Gasteiger partial charge is 0.322 e. The molecule has 0 aromatic heterocycles. The summed E-state index contributed by atoms with van der Waals surface area (Å²) in [7, 11) is 0. The van der Waals surface area contributed by atoms with Crippen LogP contribution in [0.1, 0.15) is 15.9 Å². The van der Waals surface area contributed by atoms with E-state index in [1.165, 1.54) is 6.07 Å². The fourth-order valence-corrected chi connectivity index (χ4v) is 2.00. The minimum atomic E-state index is -4.47. The largest absolute Gasteiger partial charge is 0.416 e. The number of carbonyl (C=O) groups excluding carboxylic acids is 1. The van der Waals surface area contributed by atoms with Crippen molar-refractivity contribution in [2.45, 2.75) is 6.18 Å². The van der Waals surface area contributed by atoms with Gasteiger partial charge in [0.15, 0.2) is 0 Å². The molecule has 5 nitrogen and oxygen atoms in total. The van der Waals surface area contributed by atoms with E-state index < -0.39 is 22.6 Å². The maximum absolute atomic E-state index is 12.4. The van der Waals surface area contributed by atoms with Gasteiger partial charge in [0.05, 0.1) is 21.1 Å². The first kappa shape index (κ1) is 16.8. The molecule has 2 rings (SSSR count). The second-order valence-electron chi connectivity index (χ2n) is 4.45. The van der Waals surface area contributed by atoms with Crippen molar-refractivity contribution in [2.75, 3.05) is 5.32 Å². The van der Waals surface area contributed by atoms with E-state index in [1.807, 2.05) is 0 Å². The molecular formula is C14H8ClF3N2O3. The molecule has 1 N–H and O–H groups in total. The van der Waals surface area contributed by atoms with Gasteiger partial charge in [-0.1, -0.05) is 11.6 Å². The Kier molecular flexibility index (Phi) is 4.55. The van der Waals surface area contributed by atoms with Crippen molar-refractivity contribution in [3.63, 3.8) is 0 Å². The van der Waals surface area contributed by atoms with Crippen molar-refractivity contribution in [1.29, 1.82) is 0 Å². The molecule has 9 heteroatoms. The summed E-state index contributed by atoms with van der Waals surface area (Å²) < 4.78 is 37.3. The summed E-state index contributed by atoms with van der Waals surface area (Å²) in [4.78, 5) is 21.9. The van der Waals surface area contributed by atoms with Gasteiger partial charge in [-0.2, -0.15) is 13.2 Å². The van der Waals surface area contributed by atoms with Gasteiger partial charge < -0.3 is 5.32 Å². The van der Waals surface area contributed by atoms with Crippen LogP contribution in [0, 0.1) is 10.1 Å². The van der Waals surface area contributed by atoms with E-state index in [4.69, 9.17) is 11.6 Å². The molecule has 2 aromatic carbocycles. The third-order valence-corrected chi connectivity index (χ3v) is 3.19. The molecule has 0 saturated carbocycles. The van der Waals surface area contributed by atoms with Crippen LogP contribution in [0.2, 0.25) is 5.02 Å². The molecule has 2 aromatic rings. The highest BCUT2D eigenvalue weighted by atomic mass is 35.5. The summed E-state index contributed by atoms with van der Waals surface area (Å²) in [5.41, 5.74) is -1.01. The molecule has 0 bridgehead atoms. The number of carbonyl (C=O) groups is 1. The van der Waals surface area contributed by atoms with Crippen LogP contribution >= 0.6 is 11.6 Å². The monoisotopic (exact) mass is 344 g/mol. The number of nitrogens with one attached hydrogen (secondary N) is 1. The fourth-order valence-electron chi connectivity index (χ4n) is 1.74. The molecule has 1 amide bonds. The molecule has 0 spiro atoms. The van der Waals surface area contributed by atoms with Crippen LogP contribution in [0.4, 0.5) is 24.5 Å². The normalized spacial score (nSPS) is 11.1. The second-order valence-corrected chi connectivity index (χ2v) is 4.86. The Morgan fingerprint density at radius 1 is 1.13 bits per heavy atom. The van der Waals surface area contributed by atoms with Crippen molar-refractivity contribution in [3.05, 3.63) is 68.7 Å². The fraction of sp³-hybridized carbons (Fsp3) is 0.0714. The van der Waals surface area contributed by atoms with E-state index >= 15 is 0 Å². The van der Waals surface area contributed by atoms with Gasteiger partial charge in [-0.25, -0.2) is 0 Å². The molecule has 0 aliphatic rings. The lowest BCUT2D eigenvalue weighted by Crippen LogP contribution is -2.13. The summed E-state index contributed by atoms with van der Waals surface area (Å²) in [6.45, 7) is 0. The molecule has 0 aliphatic carbocycles. The molecule has 0 fully saturated rings. The first-order chi connectivity index (χ1) is 10.7. The van der Waals surface area contributed by atoms with Gasteiger partial charge in [0, 0.05) is 17.8 Å². The van der Waals surface area contributed by atoms with Crippen molar-refractivity contribution in [1.82, 2.24) is 0 Å². The van der Waals surface area contributed by atoms with E-state index in [0.29, 0.717) is 0 Å². The van der Waals surface area contributed by atoms with E-state index in [0.717, 1.165) is 36.4 Å². The number of hydrogen-bond acceptors (Lipinski definition) is 3. The van der Waals surface area contributed by atoms with Gasteiger partial charge in [-0.3, -0.25) is 14.9 Å². The molecule has 0 radical (unpaired) electrons. The van der Waals surface area contributed by atoms with Crippen LogP contribution in [0.25, 0.3) is 0 Å². The summed E-state index contributed by atoms with van der Waals surface area (Å²) in [6.07, 6.45) is -4.47. The highest BCUT2D eigenvalue weighted by Crippen LogP contribution is 2.30. The van der Waals surface area contributed by atoms with E-state index in [1.54, 1.807) is 0 Å². The Bertz CT molecular complexity index is 761. The van der Waals surface area contributed by atoms with Crippen LogP contribution < -0.4 is 5.32 Å². The van der Waals surface area contributed by atoms with Crippen LogP contribution in [-0.2, 0) is 6.18 Å². The highest BCUT2D eigenvalue weighted by Gasteiger charge is 2.30. The van der Waals surface area contributed by atoms with E-state index in [-0.39, 0.29) is 22.0 Å². The summed E-state index contributed by atoms with van der Waals surface area (Å²) >= 11 is 5.81. The van der Waals surface area contributed by atoms with Gasteiger partial charge in [0.2, 0.25) is 0 Å². The summed E-state index contributed by atoms with van der Waals surface area (Å²) in [6, 6.07) is 7.14. The molecule has 23 heavy (non-hydrogen) atoms. The topological polar surface area (TPSA) is 72.2 Å². The average molecular weight is 345 g/mol. The van der Waals surface area contributed by atoms with Gasteiger partial charge in [-0.05, 0) is 30.3 Å². The summed E-state index contributed by atoms with van der Waals surface area (Å²) in [5.74, 6) is -0.690. The predicted octanol–water partition coefficient (Wildman–Crippen LogP) is 4.52. The number of hydrogen-bond donors (Lipinski definition) is 1. The average Bonchev–Trinajstić information content (AvgIpc) is 2.46. The maximum Gasteiger partial charge on any atom is 0.416 e. The lowest BCUT2D eigenvalue weighted by Gasteiger charge is -2.09. The van der Waals surface area contributed by atoms with Crippen LogP contribution in [0.5, 0.6) is 0 Å². The molecule has 0 unspecified atom stereocenters. The number of amides is 1. The number of rotatable bonds is 3. The second kappa shape index (κ2) is 6.25. The SMILES string of the molecule is O=C(Nc1ccc(C(F)(F)F)cc1)c1ccc([N+](=O)[O-])cc1Cl. The van der Waals surface area contributed by atoms with Crippen molar-refractivity contribution in [2.24, 2.45) is 0 Å². The molecule has 0 heterocycles. The number of alkyl halides is 3. The number of benzene rings is 2. The van der Waals surface area contributed by atoms with Crippen LogP contribution in [0.15, 0.2) is 42.5 Å². The van der Waals surface area contributed by atoms with Gasteiger partial charge in [-0.15, -0.1) is 0 Å². The Morgan fingerprint density at radius 2 is 1.74 bits per heavy atom. The number of nitro benzene ring substituents is 1. The molecule has 0 aliphatic heterocycles. The van der Waals surface area contributed by atoms with Crippen LogP contribution in [-0.4, -0.2) is 10.8 Å². The zero-order chi connectivity index (χ0) is 17.2.